The van der Waals surface area contributed by atoms with Crippen LogP contribution in [0.15, 0.2) is 29.4 Å². The van der Waals surface area contributed by atoms with E-state index in [1.165, 1.54) is 29.8 Å². The Kier molecular flexibility index (Phi) is 5.51. The molecule has 1 rings (SSSR count). The Labute approximate surface area is 110 Å². The minimum atomic E-state index is -3.47. The van der Waals surface area contributed by atoms with Crippen LogP contribution in [0.5, 0.6) is 0 Å². The van der Waals surface area contributed by atoms with Crippen LogP contribution >= 0.6 is 15.9 Å². The standard InChI is InChI=1S/C10H15BrN2O3S/c1-13(7-9(11)8-16-2)17(14,15)10-4-3-5-12-6-10/h3-6,9H,7-8H2,1-2H3. The van der Waals surface area contributed by atoms with Gasteiger partial charge in [-0.1, -0.05) is 15.9 Å². The van der Waals surface area contributed by atoms with Crippen molar-refractivity contribution in [2.24, 2.45) is 0 Å². The first-order valence-corrected chi connectivity index (χ1v) is 7.33. The average molecular weight is 323 g/mol. The van der Waals surface area contributed by atoms with Crippen molar-refractivity contribution in [2.75, 3.05) is 27.3 Å². The minimum absolute atomic E-state index is 0.0380. The van der Waals surface area contributed by atoms with Gasteiger partial charge in [0.25, 0.3) is 0 Å². The molecule has 5 nitrogen and oxygen atoms in total. The summed E-state index contributed by atoms with van der Waals surface area (Å²) in [5.41, 5.74) is 0. The number of hydrogen-bond donors (Lipinski definition) is 0. The van der Waals surface area contributed by atoms with Crippen LogP contribution in [-0.2, 0) is 14.8 Å². The minimum Gasteiger partial charge on any atom is -0.383 e. The lowest BCUT2D eigenvalue weighted by Crippen LogP contribution is -2.33. The fourth-order valence-corrected chi connectivity index (χ4v) is 3.36. The molecule has 0 aliphatic heterocycles. The molecule has 0 aliphatic rings. The van der Waals surface area contributed by atoms with Gasteiger partial charge in [0.05, 0.1) is 11.4 Å². The third-order valence-corrected chi connectivity index (χ3v) is 4.51. The predicted molar refractivity (Wildman–Crippen MR) is 68.6 cm³/mol. The summed E-state index contributed by atoms with van der Waals surface area (Å²) in [4.78, 5) is 3.96. The molecule has 1 unspecified atom stereocenters. The van der Waals surface area contributed by atoms with E-state index in [2.05, 4.69) is 20.9 Å². The van der Waals surface area contributed by atoms with Crippen molar-refractivity contribution in [2.45, 2.75) is 9.72 Å². The summed E-state index contributed by atoms with van der Waals surface area (Å²) in [5, 5.41) is 0. The summed E-state index contributed by atoms with van der Waals surface area (Å²) in [5.74, 6) is 0. The molecule has 0 spiro atoms. The second-order valence-electron chi connectivity index (χ2n) is 3.53. The fourth-order valence-electron chi connectivity index (χ4n) is 1.29. The molecule has 0 aliphatic carbocycles. The molecule has 0 bridgehead atoms. The van der Waals surface area contributed by atoms with Gasteiger partial charge in [-0.15, -0.1) is 0 Å². The van der Waals surface area contributed by atoms with Crippen LogP contribution in [0.2, 0.25) is 0 Å². The summed E-state index contributed by atoms with van der Waals surface area (Å²) < 4.78 is 30.4. The van der Waals surface area contributed by atoms with E-state index in [1.807, 2.05) is 0 Å². The quantitative estimate of drug-likeness (QED) is 0.736. The topological polar surface area (TPSA) is 59.5 Å². The number of halogens is 1. The van der Waals surface area contributed by atoms with E-state index in [0.717, 1.165) is 0 Å². The molecule has 1 aromatic rings. The van der Waals surface area contributed by atoms with Gasteiger partial charge in [-0.05, 0) is 12.1 Å². The van der Waals surface area contributed by atoms with Crippen molar-refractivity contribution < 1.29 is 13.2 Å². The maximum atomic E-state index is 12.1. The van der Waals surface area contributed by atoms with Crippen molar-refractivity contribution in [3.8, 4) is 0 Å². The zero-order valence-electron chi connectivity index (χ0n) is 9.71. The third kappa shape index (κ3) is 4.02. The van der Waals surface area contributed by atoms with Crippen LogP contribution in [-0.4, -0.2) is 49.8 Å². The lowest BCUT2D eigenvalue weighted by molar-refractivity contribution is 0.195. The van der Waals surface area contributed by atoms with Crippen LogP contribution < -0.4 is 0 Å². The van der Waals surface area contributed by atoms with Crippen molar-refractivity contribution in [1.29, 1.82) is 0 Å². The van der Waals surface area contributed by atoms with E-state index < -0.39 is 10.0 Å². The van der Waals surface area contributed by atoms with E-state index in [4.69, 9.17) is 4.74 Å². The molecule has 17 heavy (non-hydrogen) atoms. The average Bonchev–Trinajstić information content (AvgIpc) is 2.30. The Bertz CT molecular complexity index is 438. The number of methoxy groups -OCH3 is 1. The molecule has 1 aromatic heterocycles. The van der Waals surface area contributed by atoms with E-state index in [0.29, 0.717) is 13.2 Å². The van der Waals surface area contributed by atoms with E-state index in [9.17, 15) is 8.42 Å². The van der Waals surface area contributed by atoms with Crippen LogP contribution in [0.4, 0.5) is 0 Å². The highest BCUT2D eigenvalue weighted by Crippen LogP contribution is 2.14. The zero-order valence-corrected chi connectivity index (χ0v) is 12.1. The molecule has 0 radical (unpaired) electrons. The molecule has 0 saturated heterocycles. The first-order valence-electron chi connectivity index (χ1n) is 4.98. The highest BCUT2D eigenvalue weighted by atomic mass is 79.9. The van der Waals surface area contributed by atoms with Gasteiger partial charge in [0.2, 0.25) is 10.0 Å². The van der Waals surface area contributed by atoms with Crippen molar-refractivity contribution in [3.05, 3.63) is 24.5 Å². The van der Waals surface area contributed by atoms with Gasteiger partial charge >= 0.3 is 0 Å². The molecule has 1 atom stereocenters. The molecular formula is C10H15BrN2O3S. The first-order chi connectivity index (χ1) is 7.98. The van der Waals surface area contributed by atoms with Crippen molar-refractivity contribution >= 4 is 26.0 Å². The summed E-state index contributed by atoms with van der Waals surface area (Å²) in [6.07, 6.45) is 2.88. The second-order valence-corrected chi connectivity index (χ2v) is 6.87. The van der Waals surface area contributed by atoms with Crippen molar-refractivity contribution in [3.63, 3.8) is 0 Å². The van der Waals surface area contributed by atoms with Gasteiger partial charge in [-0.2, -0.15) is 4.31 Å². The number of ether oxygens (including phenoxy) is 1. The Hall–Kier alpha value is -0.500. The number of sulfonamides is 1. The van der Waals surface area contributed by atoms with E-state index in [1.54, 1.807) is 13.2 Å². The smallest absolute Gasteiger partial charge is 0.244 e. The number of pyridine rings is 1. The van der Waals surface area contributed by atoms with Gasteiger partial charge in [-0.25, -0.2) is 8.42 Å². The number of alkyl halides is 1. The summed E-state index contributed by atoms with van der Waals surface area (Å²) >= 11 is 3.36. The maximum absolute atomic E-state index is 12.1. The Morgan fingerprint density at radius 2 is 2.29 bits per heavy atom. The van der Waals surface area contributed by atoms with E-state index >= 15 is 0 Å². The number of nitrogens with zero attached hydrogens (tertiary/aromatic N) is 2. The largest absolute Gasteiger partial charge is 0.383 e. The predicted octanol–water partition coefficient (Wildman–Crippen LogP) is 1.11. The summed E-state index contributed by atoms with van der Waals surface area (Å²) in [6.45, 7) is 0.790. The summed E-state index contributed by atoms with van der Waals surface area (Å²) in [7, 11) is -0.360. The lowest BCUT2D eigenvalue weighted by atomic mass is 10.4. The lowest BCUT2D eigenvalue weighted by Gasteiger charge is -2.19. The van der Waals surface area contributed by atoms with E-state index in [-0.39, 0.29) is 9.72 Å². The fraction of sp³-hybridized carbons (Fsp3) is 0.500. The molecule has 1 heterocycles. The third-order valence-electron chi connectivity index (χ3n) is 2.15. The van der Waals surface area contributed by atoms with Crippen LogP contribution in [0, 0.1) is 0 Å². The monoisotopic (exact) mass is 322 g/mol. The SMILES string of the molecule is COCC(Br)CN(C)S(=O)(=O)c1cccnc1. The molecule has 0 saturated carbocycles. The normalized spacial score (nSPS) is 13.9. The first kappa shape index (κ1) is 14.6. The van der Waals surface area contributed by atoms with Gasteiger partial charge in [0.15, 0.2) is 0 Å². The van der Waals surface area contributed by atoms with Gasteiger partial charge in [0.1, 0.15) is 4.90 Å². The molecule has 0 N–H and O–H groups in total. The molecule has 0 aromatic carbocycles. The summed E-state index contributed by atoms with van der Waals surface area (Å²) in [6, 6.07) is 3.12. The number of hydrogen-bond acceptors (Lipinski definition) is 4. The second kappa shape index (κ2) is 6.44. The molecule has 96 valence electrons. The molecule has 0 fully saturated rings. The van der Waals surface area contributed by atoms with Crippen molar-refractivity contribution in [1.82, 2.24) is 9.29 Å². The Morgan fingerprint density at radius 1 is 1.59 bits per heavy atom. The van der Waals surface area contributed by atoms with Gasteiger partial charge in [-0.3, -0.25) is 4.98 Å². The Balaban J connectivity index is 2.78. The number of rotatable bonds is 6. The van der Waals surface area contributed by atoms with Gasteiger partial charge in [0, 0.05) is 33.1 Å². The molecular weight excluding hydrogens is 308 g/mol. The maximum Gasteiger partial charge on any atom is 0.244 e. The van der Waals surface area contributed by atoms with Gasteiger partial charge < -0.3 is 4.74 Å². The highest BCUT2D eigenvalue weighted by molar-refractivity contribution is 9.09. The Morgan fingerprint density at radius 3 is 2.82 bits per heavy atom. The highest BCUT2D eigenvalue weighted by Gasteiger charge is 2.22. The van der Waals surface area contributed by atoms with Crippen LogP contribution in [0.1, 0.15) is 0 Å². The van der Waals surface area contributed by atoms with Crippen LogP contribution in [0.25, 0.3) is 0 Å². The van der Waals surface area contributed by atoms with Crippen LogP contribution in [0.3, 0.4) is 0 Å². The number of aromatic nitrogens is 1. The zero-order chi connectivity index (χ0) is 12.9. The molecule has 0 amide bonds. The molecule has 7 heteroatoms.